The van der Waals surface area contributed by atoms with E-state index in [-0.39, 0.29) is 0 Å². The summed E-state index contributed by atoms with van der Waals surface area (Å²) in [5.74, 6) is 1.44. The van der Waals surface area contributed by atoms with Gasteiger partial charge in [0.25, 0.3) is 0 Å². The summed E-state index contributed by atoms with van der Waals surface area (Å²) in [7, 11) is 1.64. The van der Waals surface area contributed by atoms with Crippen molar-refractivity contribution in [2.75, 3.05) is 26.9 Å². The van der Waals surface area contributed by atoms with Gasteiger partial charge in [-0.15, -0.1) is 0 Å². The Kier molecular flexibility index (Phi) is 5.13. The minimum atomic E-state index is 0.386. The molecule has 6 nitrogen and oxygen atoms in total. The smallest absolute Gasteiger partial charge is 0.153 e. The summed E-state index contributed by atoms with van der Waals surface area (Å²) in [4.78, 5) is 4.14. The van der Waals surface area contributed by atoms with Gasteiger partial charge in [0.15, 0.2) is 5.82 Å². The second-order valence-corrected chi connectivity index (χ2v) is 2.76. The lowest BCUT2D eigenvalue weighted by Gasteiger charge is -2.00. The van der Waals surface area contributed by atoms with Gasteiger partial charge in [0.2, 0.25) is 0 Å². The molecule has 0 radical (unpaired) electrons. The molecule has 0 unspecified atom stereocenters. The SMILES string of the molecule is COCCOCCc1n[nH]c(CN)n1. The van der Waals surface area contributed by atoms with Gasteiger partial charge in [-0.25, -0.2) is 4.98 Å². The highest BCUT2D eigenvalue weighted by Gasteiger charge is 2.00. The summed E-state index contributed by atoms with van der Waals surface area (Å²) >= 11 is 0. The van der Waals surface area contributed by atoms with Crippen LogP contribution >= 0.6 is 0 Å². The van der Waals surface area contributed by atoms with Crippen LogP contribution in [0.4, 0.5) is 0 Å². The van der Waals surface area contributed by atoms with Crippen LogP contribution in [0.15, 0.2) is 0 Å². The summed E-state index contributed by atoms with van der Waals surface area (Å²) in [5, 5.41) is 6.72. The maximum atomic E-state index is 5.38. The van der Waals surface area contributed by atoms with Crippen LogP contribution in [0.3, 0.4) is 0 Å². The third-order valence-corrected chi connectivity index (χ3v) is 1.67. The number of rotatable bonds is 7. The van der Waals surface area contributed by atoms with Gasteiger partial charge in [-0.3, -0.25) is 5.10 Å². The molecule has 0 spiro atoms. The van der Waals surface area contributed by atoms with Crippen LogP contribution in [0.25, 0.3) is 0 Å². The van der Waals surface area contributed by atoms with E-state index in [2.05, 4.69) is 15.2 Å². The van der Waals surface area contributed by atoms with Crippen LogP contribution in [0.2, 0.25) is 0 Å². The lowest BCUT2D eigenvalue weighted by Crippen LogP contribution is -2.06. The van der Waals surface area contributed by atoms with Gasteiger partial charge < -0.3 is 15.2 Å². The fourth-order valence-corrected chi connectivity index (χ4v) is 0.946. The molecule has 6 heteroatoms. The van der Waals surface area contributed by atoms with Crippen molar-refractivity contribution in [2.24, 2.45) is 5.73 Å². The number of hydrogen-bond acceptors (Lipinski definition) is 5. The summed E-state index contributed by atoms with van der Waals surface area (Å²) in [6.07, 6.45) is 0.695. The average molecular weight is 200 g/mol. The van der Waals surface area contributed by atoms with Gasteiger partial charge in [-0.05, 0) is 0 Å². The van der Waals surface area contributed by atoms with E-state index in [1.807, 2.05) is 0 Å². The van der Waals surface area contributed by atoms with Crippen molar-refractivity contribution in [1.29, 1.82) is 0 Å². The Morgan fingerprint density at radius 2 is 2.21 bits per heavy atom. The number of nitrogens with one attached hydrogen (secondary N) is 1. The first-order valence-corrected chi connectivity index (χ1v) is 4.53. The Labute approximate surface area is 82.8 Å². The fourth-order valence-electron chi connectivity index (χ4n) is 0.946. The molecule has 0 saturated carbocycles. The molecule has 1 rings (SSSR count). The molecule has 14 heavy (non-hydrogen) atoms. The zero-order valence-corrected chi connectivity index (χ0v) is 8.32. The Balaban J connectivity index is 2.12. The van der Waals surface area contributed by atoms with Crippen molar-refractivity contribution in [3.8, 4) is 0 Å². The summed E-state index contributed by atoms with van der Waals surface area (Å²) in [6.45, 7) is 2.20. The van der Waals surface area contributed by atoms with E-state index in [9.17, 15) is 0 Å². The molecule has 0 saturated heterocycles. The maximum absolute atomic E-state index is 5.38. The molecular weight excluding hydrogens is 184 g/mol. The predicted molar refractivity (Wildman–Crippen MR) is 50.7 cm³/mol. The Bertz CT molecular complexity index is 251. The Morgan fingerprint density at radius 3 is 2.86 bits per heavy atom. The first kappa shape index (κ1) is 11.1. The first-order chi connectivity index (χ1) is 6.86. The number of ether oxygens (including phenoxy) is 2. The fraction of sp³-hybridized carbons (Fsp3) is 0.750. The standard InChI is InChI=1S/C8H16N4O2/c1-13-4-5-14-3-2-7-10-8(6-9)12-11-7/h2-6,9H2,1H3,(H,10,11,12). The molecule has 0 atom stereocenters. The van der Waals surface area contributed by atoms with Crippen LogP contribution in [-0.4, -0.2) is 42.1 Å². The molecule has 0 amide bonds. The topological polar surface area (TPSA) is 86.0 Å². The molecule has 0 fully saturated rings. The maximum Gasteiger partial charge on any atom is 0.153 e. The van der Waals surface area contributed by atoms with Crippen LogP contribution in [0.5, 0.6) is 0 Å². The van der Waals surface area contributed by atoms with Crippen molar-refractivity contribution < 1.29 is 9.47 Å². The summed E-state index contributed by atoms with van der Waals surface area (Å²) < 4.78 is 10.1. The number of methoxy groups -OCH3 is 1. The van der Waals surface area contributed by atoms with Crippen molar-refractivity contribution >= 4 is 0 Å². The summed E-state index contributed by atoms with van der Waals surface area (Å²) in [5.41, 5.74) is 5.38. The van der Waals surface area contributed by atoms with E-state index in [1.165, 1.54) is 0 Å². The molecule has 1 aromatic heterocycles. The molecule has 0 aliphatic carbocycles. The van der Waals surface area contributed by atoms with Crippen LogP contribution in [-0.2, 0) is 22.4 Å². The van der Waals surface area contributed by atoms with Crippen LogP contribution in [0.1, 0.15) is 11.6 Å². The van der Waals surface area contributed by atoms with Crippen molar-refractivity contribution in [3.63, 3.8) is 0 Å². The van der Waals surface area contributed by atoms with Crippen LogP contribution in [0, 0.1) is 0 Å². The lowest BCUT2D eigenvalue weighted by atomic mass is 10.4. The zero-order chi connectivity index (χ0) is 10.2. The van der Waals surface area contributed by atoms with Crippen molar-refractivity contribution in [1.82, 2.24) is 15.2 Å². The molecule has 1 heterocycles. The highest BCUT2D eigenvalue weighted by Crippen LogP contribution is 1.93. The van der Waals surface area contributed by atoms with E-state index in [1.54, 1.807) is 7.11 Å². The third-order valence-electron chi connectivity index (χ3n) is 1.67. The van der Waals surface area contributed by atoms with E-state index in [0.717, 1.165) is 5.82 Å². The Hall–Kier alpha value is -0.980. The van der Waals surface area contributed by atoms with E-state index in [4.69, 9.17) is 15.2 Å². The molecule has 0 aliphatic rings. The van der Waals surface area contributed by atoms with Gasteiger partial charge in [-0.1, -0.05) is 0 Å². The van der Waals surface area contributed by atoms with Gasteiger partial charge >= 0.3 is 0 Å². The zero-order valence-electron chi connectivity index (χ0n) is 8.32. The van der Waals surface area contributed by atoms with E-state index >= 15 is 0 Å². The van der Waals surface area contributed by atoms with E-state index < -0.39 is 0 Å². The van der Waals surface area contributed by atoms with Gasteiger partial charge in [0.05, 0.1) is 26.4 Å². The van der Waals surface area contributed by atoms with Gasteiger partial charge in [0, 0.05) is 13.5 Å². The first-order valence-electron chi connectivity index (χ1n) is 4.53. The summed E-state index contributed by atoms with van der Waals surface area (Å²) in [6, 6.07) is 0. The quantitative estimate of drug-likeness (QED) is 0.578. The number of aromatic amines is 1. The average Bonchev–Trinajstić information content (AvgIpc) is 2.65. The number of hydrogen-bond donors (Lipinski definition) is 2. The second kappa shape index (κ2) is 6.47. The minimum absolute atomic E-state index is 0.386. The highest BCUT2D eigenvalue weighted by atomic mass is 16.5. The Morgan fingerprint density at radius 1 is 1.36 bits per heavy atom. The molecule has 1 aromatic rings. The molecule has 0 aliphatic heterocycles. The lowest BCUT2D eigenvalue weighted by molar-refractivity contribution is 0.0716. The third kappa shape index (κ3) is 3.82. The van der Waals surface area contributed by atoms with Crippen LogP contribution < -0.4 is 5.73 Å². The van der Waals surface area contributed by atoms with Crippen molar-refractivity contribution in [2.45, 2.75) is 13.0 Å². The van der Waals surface area contributed by atoms with E-state index in [0.29, 0.717) is 38.6 Å². The number of nitrogens with two attached hydrogens (primary N) is 1. The molecule has 80 valence electrons. The molecule has 0 bridgehead atoms. The monoisotopic (exact) mass is 200 g/mol. The number of H-pyrrole nitrogens is 1. The van der Waals surface area contributed by atoms with Crippen molar-refractivity contribution in [3.05, 3.63) is 11.6 Å². The number of aromatic nitrogens is 3. The largest absolute Gasteiger partial charge is 0.382 e. The number of nitrogens with zero attached hydrogens (tertiary/aromatic N) is 2. The second-order valence-electron chi connectivity index (χ2n) is 2.76. The predicted octanol–water partition coefficient (Wildman–Crippen LogP) is -0.531. The van der Waals surface area contributed by atoms with Gasteiger partial charge in [0.1, 0.15) is 5.82 Å². The molecule has 3 N–H and O–H groups in total. The molecular formula is C8H16N4O2. The van der Waals surface area contributed by atoms with Gasteiger partial charge in [-0.2, -0.15) is 5.10 Å². The highest BCUT2D eigenvalue weighted by molar-refractivity contribution is 4.89. The normalized spacial score (nSPS) is 10.7. The minimum Gasteiger partial charge on any atom is -0.382 e. The molecule has 0 aromatic carbocycles.